The summed E-state index contributed by atoms with van der Waals surface area (Å²) in [6, 6.07) is 22.1. The van der Waals surface area contributed by atoms with Gasteiger partial charge >= 0.3 is 5.97 Å². The van der Waals surface area contributed by atoms with Crippen molar-refractivity contribution in [3.63, 3.8) is 0 Å². The van der Waals surface area contributed by atoms with E-state index < -0.39 is 0 Å². The number of phenolic OH excluding ortho intramolecular Hbond substituents is 1. The van der Waals surface area contributed by atoms with Crippen LogP contribution < -0.4 is 0 Å². The number of carbonyl (C=O) groups excluding carboxylic acids is 2. The summed E-state index contributed by atoms with van der Waals surface area (Å²) in [5.41, 5.74) is 3.65. The fourth-order valence-electron chi connectivity index (χ4n) is 6.50. The number of hydrogen-bond donors (Lipinski definition) is 1. The molecule has 228 valence electrons. The Morgan fingerprint density at radius 3 is 2.28 bits per heavy atom. The number of piperidine rings is 1. The van der Waals surface area contributed by atoms with Crippen molar-refractivity contribution in [2.75, 3.05) is 32.8 Å². The van der Waals surface area contributed by atoms with E-state index in [9.17, 15) is 19.1 Å². The Morgan fingerprint density at radius 1 is 0.930 bits per heavy atom. The summed E-state index contributed by atoms with van der Waals surface area (Å²) in [5, 5.41) is 10.4. The molecule has 3 aromatic carbocycles. The van der Waals surface area contributed by atoms with Gasteiger partial charge in [-0.1, -0.05) is 36.4 Å². The molecular weight excluding hydrogens is 545 g/mol. The molecule has 0 aromatic heterocycles. The van der Waals surface area contributed by atoms with Crippen molar-refractivity contribution >= 4 is 11.9 Å². The van der Waals surface area contributed by atoms with Crippen molar-refractivity contribution in [3.8, 4) is 5.75 Å². The second kappa shape index (κ2) is 13.7. The number of hydrogen-bond acceptors (Lipinski definition) is 6. The van der Waals surface area contributed by atoms with Crippen LogP contribution in [0.3, 0.4) is 0 Å². The minimum atomic E-state index is -0.231. The fourth-order valence-corrected chi connectivity index (χ4v) is 6.50. The Labute approximate surface area is 253 Å². The number of phenols is 1. The summed E-state index contributed by atoms with van der Waals surface area (Å²) in [4.78, 5) is 32.5. The third-order valence-corrected chi connectivity index (χ3v) is 8.83. The molecule has 2 saturated heterocycles. The Bertz CT molecular complexity index is 1410. The molecule has 1 N–H and O–H groups in total. The first-order valence-corrected chi connectivity index (χ1v) is 15.3. The van der Waals surface area contributed by atoms with Crippen molar-refractivity contribution in [2.24, 2.45) is 5.92 Å². The zero-order chi connectivity index (χ0) is 30.5. The van der Waals surface area contributed by atoms with Crippen molar-refractivity contribution in [2.45, 2.75) is 58.3 Å². The van der Waals surface area contributed by atoms with E-state index in [1.54, 1.807) is 6.07 Å². The minimum Gasteiger partial charge on any atom is -0.508 e. The first kappa shape index (κ1) is 30.7. The first-order chi connectivity index (χ1) is 20.7. The molecule has 3 atom stereocenters. The molecule has 7 nitrogen and oxygen atoms in total. The molecular formula is C35H42FN3O4. The van der Waals surface area contributed by atoms with Crippen LogP contribution in [0.1, 0.15) is 66.7 Å². The molecule has 0 radical (unpaired) electrons. The lowest BCUT2D eigenvalue weighted by atomic mass is 9.91. The van der Waals surface area contributed by atoms with E-state index in [0.717, 1.165) is 36.3 Å². The highest BCUT2D eigenvalue weighted by Gasteiger charge is 2.35. The molecule has 1 unspecified atom stereocenters. The van der Waals surface area contributed by atoms with E-state index >= 15 is 0 Å². The molecule has 0 bridgehead atoms. The van der Waals surface area contributed by atoms with E-state index in [2.05, 4.69) is 29.7 Å². The van der Waals surface area contributed by atoms with Crippen molar-refractivity contribution < 1.29 is 23.8 Å². The zero-order valence-electron chi connectivity index (χ0n) is 25.3. The number of piperazine rings is 1. The number of carbonyl (C=O) groups is 2. The summed E-state index contributed by atoms with van der Waals surface area (Å²) in [5.74, 6) is -0.396. The summed E-state index contributed by atoms with van der Waals surface area (Å²) in [7, 11) is 0. The van der Waals surface area contributed by atoms with E-state index in [1.807, 2.05) is 60.4 Å². The van der Waals surface area contributed by atoms with Gasteiger partial charge in [-0.15, -0.1) is 0 Å². The van der Waals surface area contributed by atoms with E-state index in [0.29, 0.717) is 38.1 Å². The minimum absolute atomic E-state index is 0.0376. The monoisotopic (exact) mass is 587 g/mol. The van der Waals surface area contributed by atoms with Crippen LogP contribution in [-0.2, 0) is 16.1 Å². The van der Waals surface area contributed by atoms with Gasteiger partial charge in [0, 0.05) is 50.4 Å². The average molecular weight is 588 g/mol. The molecule has 3 aromatic rings. The Kier molecular flexibility index (Phi) is 9.78. The Balaban J connectivity index is 1.37. The third-order valence-electron chi connectivity index (χ3n) is 8.83. The smallest absolute Gasteiger partial charge is 0.309 e. The number of benzene rings is 3. The van der Waals surface area contributed by atoms with Crippen LogP contribution in [0.5, 0.6) is 5.75 Å². The Morgan fingerprint density at radius 2 is 1.60 bits per heavy atom. The topological polar surface area (TPSA) is 73.3 Å². The van der Waals surface area contributed by atoms with Crippen molar-refractivity contribution in [1.82, 2.24) is 14.7 Å². The van der Waals surface area contributed by atoms with Crippen LogP contribution in [0, 0.1) is 11.7 Å². The second-order valence-corrected chi connectivity index (χ2v) is 11.9. The molecule has 2 aliphatic heterocycles. The van der Waals surface area contributed by atoms with Gasteiger partial charge in [0.25, 0.3) is 5.91 Å². The summed E-state index contributed by atoms with van der Waals surface area (Å²) in [6.07, 6.45) is 1.21. The maximum Gasteiger partial charge on any atom is 0.309 e. The number of rotatable bonds is 8. The largest absolute Gasteiger partial charge is 0.508 e. The van der Waals surface area contributed by atoms with Crippen LogP contribution in [0.2, 0.25) is 0 Å². The quantitative estimate of drug-likeness (QED) is 0.345. The summed E-state index contributed by atoms with van der Waals surface area (Å²) >= 11 is 0. The second-order valence-electron chi connectivity index (χ2n) is 11.9. The predicted octanol–water partition coefficient (Wildman–Crippen LogP) is 5.63. The molecule has 0 spiro atoms. The Hall–Kier alpha value is -3.75. The van der Waals surface area contributed by atoms with Crippen LogP contribution >= 0.6 is 0 Å². The standard InChI is InChI=1S/C35H42FN3O4/c1-4-43-35(42)27-15-17-37(18-16-27)34(41)30-9-5-7-28(19-30)33(29-8-6-10-32(40)20-29)39-22-24(2)38(21-25(39)3)23-26-11-13-31(36)14-12-26/h5-14,19-20,24-25,27,33,40H,4,15-18,21-23H2,1-3H3/t24-,25+,33?/m1/s1. The molecule has 0 aliphatic carbocycles. The van der Waals surface area contributed by atoms with Crippen molar-refractivity contribution in [3.05, 3.63) is 101 Å². The highest BCUT2D eigenvalue weighted by Crippen LogP contribution is 2.35. The number of nitrogens with zero attached hydrogens (tertiary/aromatic N) is 3. The van der Waals surface area contributed by atoms with Crippen LogP contribution in [-0.4, -0.2) is 76.6 Å². The van der Waals surface area contributed by atoms with E-state index in [-0.39, 0.29) is 47.5 Å². The third kappa shape index (κ3) is 7.25. The molecule has 2 fully saturated rings. The first-order valence-electron chi connectivity index (χ1n) is 15.3. The van der Waals surface area contributed by atoms with Gasteiger partial charge < -0.3 is 14.7 Å². The number of ether oxygens (including phenoxy) is 1. The maximum absolute atomic E-state index is 13.6. The van der Waals surface area contributed by atoms with E-state index in [4.69, 9.17) is 4.74 Å². The molecule has 2 aliphatic rings. The maximum atomic E-state index is 13.6. The zero-order valence-corrected chi connectivity index (χ0v) is 25.3. The van der Waals surface area contributed by atoms with Gasteiger partial charge in [0.15, 0.2) is 0 Å². The van der Waals surface area contributed by atoms with Crippen LogP contribution in [0.25, 0.3) is 0 Å². The van der Waals surface area contributed by atoms with Crippen LogP contribution in [0.15, 0.2) is 72.8 Å². The van der Waals surface area contributed by atoms with Gasteiger partial charge in [0.2, 0.25) is 0 Å². The van der Waals surface area contributed by atoms with Crippen molar-refractivity contribution in [1.29, 1.82) is 0 Å². The van der Waals surface area contributed by atoms with Gasteiger partial charge in [-0.05, 0) is 86.7 Å². The van der Waals surface area contributed by atoms with Gasteiger partial charge in [-0.2, -0.15) is 0 Å². The fraction of sp³-hybridized carbons (Fsp3) is 0.429. The van der Waals surface area contributed by atoms with Gasteiger partial charge in [0.05, 0.1) is 18.6 Å². The van der Waals surface area contributed by atoms with Crippen LogP contribution in [0.4, 0.5) is 4.39 Å². The molecule has 43 heavy (non-hydrogen) atoms. The van der Waals surface area contributed by atoms with Gasteiger partial charge in [-0.3, -0.25) is 19.4 Å². The lowest BCUT2D eigenvalue weighted by molar-refractivity contribution is -0.149. The average Bonchev–Trinajstić information content (AvgIpc) is 3.01. The lowest BCUT2D eigenvalue weighted by Gasteiger charge is -2.47. The summed E-state index contributed by atoms with van der Waals surface area (Å²) < 4.78 is 18.7. The molecule has 0 saturated carbocycles. The van der Waals surface area contributed by atoms with Gasteiger partial charge in [0.1, 0.15) is 11.6 Å². The molecule has 2 heterocycles. The highest BCUT2D eigenvalue weighted by molar-refractivity contribution is 5.94. The summed E-state index contributed by atoms with van der Waals surface area (Å²) in [6.45, 7) is 9.98. The van der Waals surface area contributed by atoms with E-state index in [1.165, 1.54) is 12.1 Å². The number of halogens is 1. The normalized spacial score (nSPS) is 21.0. The number of esters is 1. The lowest BCUT2D eigenvalue weighted by Crippen LogP contribution is -2.56. The number of likely N-dealkylation sites (tertiary alicyclic amines) is 1. The van der Waals surface area contributed by atoms with Gasteiger partial charge in [-0.25, -0.2) is 4.39 Å². The number of amides is 1. The molecule has 8 heteroatoms. The predicted molar refractivity (Wildman–Crippen MR) is 164 cm³/mol. The highest BCUT2D eigenvalue weighted by atomic mass is 19.1. The molecule has 1 amide bonds. The molecule has 5 rings (SSSR count). The number of aromatic hydroxyl groups is 1. The SMILES string of the molecule is CCOC(=O)C1CCN(C(=O)c2cccc(C(c3cccc(O)c3)N3C[C@@H](C)N(Cc4ccc(F)cc4)C[C@@H]3C)c2)CC1.